The van der Waals surface area contributed by atoms with Crippen LogP contribution in [0.15, 0.2) is 16.8 Å². The maximum Gasteiger partial charge on any atom is 0.129 e. The van der Waals surface area contributed by atoms with Crippen molar-refractivity contribution in [2.75, 3.05) is 27.2 Å². The van der Waals surface area contributed by atoms with Crippen LogP contribution in [0.2, 0.25) is 0 Å². The third-order valence-corrected chi connectivity index (χ3v) is 9.10. The molecule has 0 aliphatic heterocycles. The lowest BCUT2D eigenvalue weighted by Crippen LogP contribution is -2.50. The van der Waals surface area contributed by atoms with Gasteiger partial charge in [0.1, 0.15) is 6.61 Å². The van der Waals surface area contributed by atoms with Crippen LogP contribution in [0.4, 0.5) is 0 Å². The van der Waals surface area contributed by atoms with Crippen molar-refractivity contribution in [3.8, 4) is 0 Å². The van der Waals surface area contributed by atoms with Gasteiger partial charge in [0.15, 0.2) is 0 Å². The lowest BCUT2D eigenvalue weighted by molar-refractivity contribution is -0.0421. The fourth-order valence-corrected chi connectivity index (χ4v) is 7.32. The smallest absolute Gasteiger partial charge is 0.129 e. The Balaban J connectivity index is 1.45. The van der Waals surface area contributed by atoms with E-state index < -0.39 is 0 Å². The molecule has 4 nitrogen and oxygen atoms in total. The van der Waals surface area contributed by atoms with Gasteiger partial charge < -0.3 is 14.8 Å². The minimum atomic E-state index is -0.107. The molecule has 0 aromatic heterocycles. The molecule has 0 aromatic carbocycles. The van der Waals surface area contributed by atoms with Crippen LogP contribution in [0.5, 0.6) is 0 Å². The fourth-order valence-electron chi connectivity index (χ4n) is 7.32. The number of oxime groups is 1. The van der Waals surface area contributed by atoms with E-state index in [1.165, 1.54) is 38.5 Å². The second kappa shape index (κ2) is 7.75. The van der Waals surface area contributed by atoms with Gasteiger partial charge in [-0.3, -0.25) is 0 Å². The van der Waals surface area contributed by atoms with Crippen molar-refractivity contribution in [1.29, 1.82) is 0 Å². The van der Waals surface area contributed by atoms with Crippen LogP contribution >= 0.6 is 0 Å². The predicted molar refractivity (Wildman–Crippen MR) is 114 cm³/mol. The summed E-state index contributed by atoms with van der Waals surface area (Å²) in [5.41, 5.74) is 2.29. The Kier molecular flexibility index (Phi) is 5.65. The van der Waals surface area contributed by atoms with Gasteiger partial charge in [-0.05, 0) is 94.0 Å². The molecule has 3 saturated carbocycles. The Morgan fingerprint density at radius 3 is 2.79 bits per heavy atom. The van der Waals surface area contributed by atoms with E-state index in [1.54, 1.807) is 5.57 Å². The Bertz CT molecular complexity index is 630. The summed E-state index contributed by atoms with van der Waals surface area (Å²) in [6.07, 6.45) is 14.1. The number of likely N-dealkylation sites (N-methyl/N-ethyl adjacent to an activating group) is 1. The summed E-state index contributed by atoms with van der Waals surface area (Å²) in [5.74, 6) is 3.00. The van der Waals surface area contributed by atoms with Crippen LogP contribution in [0.25, 0.3) is 0 Å². The van der Waals surface area contributed by atoms with Crippen LogP contribution in [0, 0.1) is 34.5 Å². The van der Waals surface area contributed by atoms with Crippen molar-refractivity contribution in [2.45, 2.75) is 71.3 Å². The van der Waals surface area contributed by atoms with Gasteiger partial charge in [0, 0.05) is 18.7 Å². The Morgan fingerprint density at radius 1 is 1.18 bits per heavy atom. The zero-order valence-corrected chi connectivity index (χ0v) is 18.4. The Hall–Kier alpha value is -0.870. The van der Waals surface area contributed by atoms with Gasteiger partial charge in [0.25, 0.3) is 0 Å². The molecular weight excluding hydrogens is 348 g/mol. The number of aliphatic hydroxyl groups is 1. The highest BCUT2D eigenvalue weighted by molar-refractivity contribution is 5.62. The molecule has 1 N–H and O–H groups in total. The number of aliphatic hydroxyl groups excluding tert-OH is 1. The summed E-state index contributed by atoms with van der Waals surface area (Å²) in [6, 6.07) is 0. The summed E-state index contributed by atoms with van der Waals surface area (Å²) in [7, 11) is 4.12. The second-order valence-corrected chi connectivity index (χ2v) is 10.8. The van der Waals surface area contributed by atoms with Gasteiger partial charge in [-0.25, -0.2) is 0 Å². The average molecular weight is 389 g/mol. The molecule has 4 rings (SSSR count). The van der Waals surface area contributed by atoms with Gasteiger partial charge in [-0.2, -0.15) is 0 Å². The van der Waals surface area contributed by atoms with E-state index in [0.29, 0.717) is 23.4 Å². The number of hydrogen-bond acceptors (Lipinski definition) is 4. The molecular formula is C24H40N2O2. The van der Waals surface area contributed by atoms with Crippen molar-refractivity contribution in [3.63, 3.8) is 0 Å². The summed E-state index contributed by atoms with van der Waals surface area (Å²) in [6.45, 7) is 6.62. The average Bonchev–Trinajstić information content (AvgIpc) is 2.98. The van der Waals surface area contributed by atoms with Crippen molar-refractivity contribution in [3.05, 3.63) is 11.6 Å². The molecule has 0 bridgehead atoms. The number of nitrogens with zero attached hydrogens (tertiary/aromatic N) is 2. The maximum absolute atomic E-state index is 10.2. The van der Waals surface area contributed by atoms with Gasteiger partial charge in [0.05, 0.1) is 6.10 Å². The van der Waals surface area contributed by atoms with Crippen molar-refractivity contribution >= 4 is 6.21 Å². The number of rotatable bonds is 5. The third-order valence-electron chi connectivity index (χ3n) is 9.10. The molecule has 0 saturated heterocycles. The molecule has 3 fully saturated rings. The lowest BCUT2D eigenvalue weighted by atomic mass is 9.47. The van der Waals surface area contributed by atoms with Crippen LogP contribution in [-0.2, 0) is 4.84 Å². The highest BCUT2D eigenvalue weighted by atomic mass is 16.6. The van der Waals surface area contributed by atoms with Crippen molar-refractivity contribution in [1.82, 2.24) is 4.90 Å². The van der Waals surface area contributed by atoms with Gasteiger partial charge >= 0.3 is 0 Å². The van der Waals surface area contributed by atoms with Crippen LogP contribution in [0.1, 0.15) is 65.2 Å². The molecule has 0 aromatic rings. The molecule has 2 unspecified atom stereocenters. The fraction of sp³-hybridized carbons (Fsp3) is 0.875. The van der Waals surface area contributed by atoms with Crippen LogP contribution in [0.3, 0.4) is 0 Å². The molecule has 4 heteroatoms. The first kappa shape index (κ1) is 20.4. The van der Waals surface area contributed by atoms with Gasteiger partial charge in [-0.15, -0.1) is 0 Å². The maximum atomic E-state index is 10.2. The molecule has 0 radical (unpaired) electrons. The summed E-state index contributed by atoms with van der Waals surface area (Å²) in [5, 5.41) is 14.5. The Labute approximate surface area is 171 Å². The summed E-state index contributed by atoms with van der Waals surface area (Å²) >= 11 is 0. The number of allylic oxidation sites excluding steroid dienone is 1. The molecule has 0 amide bonds. The first-order valence-corrected chi connectivity index (χ1v) is 11.5. The van der Waals surface area contributed by atoms with Crippen molar-refractivity contribution < 1.29 is 9.94 Å². The second-order valence-electron chi connectivity index (χ2n) is 10.8. The van der Waals surface area contributed by atoms with Gasteiger partial charge in [-0.1, -0.05) is 30.7 Å². The Morgan fingerprint density at radius 2 is 2.00 bits per heavy atom. The highest BCUT2D eigenvalue weighted by Gasteiger charge is 2.58. The van der Waals surface area contributed by atoms with E-state index in [-0.39, 0.29) is 6.10 Å². The quantitative estimate of drug-likeness (QED) is 0.327. The summed E-state index contributed by atoms with van der Waals surface area (Å²) < 4.78 is 0. The molecule has 0 heterocycles. The molecule has 4 aliphatic rings. The molecule has 4 aliphatic carbocycles. The van der Waals surface area contributed by atoms with E-state index in [9.17, 15) is 5.11 Å². The van der Waals surface area contributed by atoms with E-state index in [2.05, 4.69) is 50.3 Å². The van der Waals surface area contributed by atoms with Gasteiger partial charge in [0.2, 0.25) is 0 Å². The van der Waals surface area contributed by atoms with Crippen LogP contribution in [-0.4, -0.2) is 49.6 Å². The molecule has 158 valence electrons. The normalized spacial score (nSPS) is 45.5. The standard InChI is InChI=1S/C24H40N2O2/c1-23-11-9-19(27)15-17(23)5-7-20-21-8-6-18(16-25-28-14-13-26(3)4)24(21,2)12-10-22(20)23/h5,16,18-22,27H,6-15H2,1-4H3/t18?,19?,20-,21-,22+,23-,24+/m0/s1. The minimum absolute atomic E-state index is 0.107. The highest BCUT2D eigenvalue weighted by Crippen LogP contribution is 2.65. The minimum Gasteiger partial charge on any atom is -0.395 e. The van der Waals surface area contributed by atoms with Crippen LogP contribution < -0.4 is 0 Å². The summed E-state index contributed by atoms with van der Waals surface area (Å²) in [4.78, 5) is 7.65. The third kappa shape index (κ3) is 3.45. The first-order valence-electron chi connectivity index (χ1n) is 11.5. The number of hydrogen-bond donors (Lipinski definition) is 1. The van der Waals surface area contributed by atoms with E-state index in [1.807, 2.05) is 0 Å². The van der Waals surface area contributed by atoms with Crippen molar-refractivity contribution in [2.24, 2.45) is 39.7 Å². The molecule has 28 heavy (non-hydrogen) atoms. The lowest BCUT2D eigenvalue weighted by Gasteiger charge is -2.57. The monoisotopic (exact) mass is 388 g/mol. The zero-order valence-electron chi connectivity index (χ0n) is 18.4. The zero-order chi connectivity index (χ0) is 19.9. The molecule has 0 spiro atoms. The molecule has 7 atom stereocenters. The first-order chi connectivity index (χ1) is 13.3. The van der Waals surface area contributed by atoms with E-state index in [0.717, 1.165) is 37.1 Å². The SMILES string of the molecule is CN(C)CCON=CC1CC[C@H]2[C@@H]3CC=C4CC(O)CC[C@]4(C)[C@@H]3CC[C@]12C. The van der Waals surface area contributed by atoms with E-state index in [4.69, 9.17) is 4.84 Å². The van der Waals surface area contributed by atoms with E-state index >= 15 is 0 Å². The topological polar surface area (TPSA) is 45.1 Å². The largest absolute Gasteiger partial charge is 0.395 e. The predicted octanol–water partition coefficient (Wildman–Crippen LogP) is 4.49. The number of fused-ring (bicyclic) bond motifs is 5.